The second-order valence-electron chi connectivity index (χ2n) is 8.38. The first-order valence-electron chi connectivity index (χ1n) is 10.6. The highest BCUT2D eigenvalue weighted by Crippen LogP contribution is 2.26. The zero-order chi connectivity index (χ0) is 21.7. The Hall–Kier alpha value is -2.25. The number of benzene rings is 1. The number of carbonyl (C=O) groups excluding carboxylic acids is 3. The second kappa shape index (κ2) is 10.2. The fourth-order valence-corrected chi connectivity index (χ4v) is 4.57. The summed E-state index contributed by atoms with van der Waals surface area (Å²) in [5, 5.41) is 6.77. The molecule has 0 unspecified atom stereocenters. The summed E-state index contributed by atoms with van der Waals surface area (Å²) in [7, 11) is 0. The molecule has 2 N–H and O–H groups in total. The number of nitrogens with one attached hydrogen (secondary N) is 2. The predicted octanol–water partition coefficient (Wildman–Crippen LogP) is 3.61. The van der Waals surface area contributed by atoms with Crippen molar-refractivity contribution in [3.8, 4) is 0 Å². The quantitative estimate of drug-likeness (QED) is 0.733. The summed E-state index contributed by atoms with van der Waals surface area (Å²) >= 11 is 1.41. The molecule has 7 heteroatoms. The first kappa shape index (κ1) is 22.4. The summed E-state index contributed by atoms with van der Waals surface area (Å²) in [5.74, 6) is -0.477. The molecule has 1 aromatic carbocycles. The summed E-state index contributed by atoms with van der Waals surface area (Å²) in [6.45, 7) is 6.62. The van der Waals surface area contributed by atoms with E-state index in [2.05, 4.69) is 10.6 Å². The van der Waals surface area contributed by atoms with E-state index in [0.717, 1.165) is 28.5 Å². The Morgan fingerprint density at radius 3 is 2.80 bits per heavy atom. The number of fused-ring (bicyclic) bond motifs is 1. The minimum atomic E-state index is -0.691. The maximum atomic E-state index is 13.0. The van der Waals surface area contributed by atoms with Crippen molar-refractivity contribution in [2.75, 3.05) is 13.2 Å². The average molecular weight is 431 g/mol. The fraction of sp³-hybridized carbons (Fsp3) is 0.522. The van der Waals surface area contributed by atoms with Crippen molar-refractivity contribution in [1.29, 1.82) is 0 Å². The lowest BCUT2D eigenvalue weighted by Gasteiger charge is -2.25. The monoisotopic (exact) mass is 430 g/mol. The van der Waals surface area contributed by atoms with Crippen LogP contribution in [0.25, 0.3) is 10.1 Å². The van der Waals surface area contributed by atoms with Crippen LogP contribution in [-0.4, -0.2) is 42.9 Å². The predicted molar refractivity (Wildman–Crippen MR) is 119 cm³/mol. The van der Waals surface area contributed by atoms with Crippen LogP contribution >= 0.6 is 11.3 Å². The third-order valence-corrected chi connectivity index (χ3v) is 6.32. The van der Waals surface area contributed by atoms with Crippen LogP contribution in [0, 0.1) is 12.8 Å². The molecule has 1 aliphatic rings. The Morgan fingerprint density at radius 1 is 1.23 bits per heavy atom. The number of rotatable bonds is 6. The van der Waals surface area contributed by atoms with Crippen LogP contribution in [0.3, 0.4) is 0 Å². The maximum absolute atomic E-state index is 13.0. The number of aryl methyl sites for hydroxylation is 1. The van der Waals surface area contributed by atoms with Gasteiger partial charge in [-0.05, 0) is 56.0 Å². The number of hydrogen-bond donors (Lipinski definition) is 2. The van der Waals surface area contributed by atoms with E-state index in [9.17, 15) is 14.4 Å². The van der Waals surface area contributed by atoms with Crippen LogP contribution in [0.2, 0.25) is 0 Å². The van der Waals surface area contributed by atoms with Gasteiger partial charge in [-0.3, -0.25) is 14.4 Å². The minimum absolute atomic E-state index is 0.0212. The summed E-state index contributed by atoms with van der Waals surface area (Å²) < 4.78 is 6.35. The van der Waals surface area contributed by atoms with Gasteiger partial charge in [0.15, 0.2) is 5.78 Å². The van der Waals surface area contributed by atoms with Crippen molar-refractivity contribution in [3.63, 3.8) is 0 Å². The Morgan fingerprint density at radius 2 is 2.03 bits per heavy atom. The number of amides is 2. The van der Waals surface area contributed by atoms with Crippen LogP contribution < -0.4 is 10.6 Å². The molecule has 162 valence electrons. The van der Waals surface area contributed by atoms with Crippen molar-refractivity contribution in [1.82, 2.24) is 10.6 Å². The SMILES string of the molecule is Cc1ccc2sc(C(=O)N[C@@H](CC(C)C)C(=O)N[C@H]3CCCCOCC3=O)cc2c1. The molecule has 2 heterocycles. The van der Waals surface area contributed by atoms with Crippen molar-refractivity contribution in [3.05, 3.63) is 34.7 Å². The fourth-order valence-electron chi connectivity index (χ4n) is 3.62. The van der Waals surface area contributed by atoms with Gasteiger partial charge in [-0.1, -0.05) is 31.5 Å². The number of ether oxygens (including phenoxy) is 1. The van der Waals surface area contributed by atoms with Gasteiger partial charge in [0.25, 0.3) is 5.91 Å². The number of hydrogen-bond acceptors (Lipinski definition) is 5. The Balaban J connectivity index is 1.71. The van der Waals surface area contributed by atoms with Gasteiger partial charge < -0.3 is 15.4 Å². The standard InChI is InChI=1S/C23H30N2O4S/c1-14(2)10-18(22(27)24-17-6-4-5-9-29-13-19(17)26)25-23(28)21-12-16-11-15(3)7-8-20(16)30-21/h7-8,11-12,14,17-18H,4-6,9-10,13H2,1-3H3,(H,24,27)(H,25,28)/t17-,18-/m0/s1. The molecule has 1 aromatic heterocycles. The lowest BCUT2D eigenvalue weighted by molar-refractivity contribution is -0.132. The summed E-state index contributed by atoms with van der Waals surface area (Å²) in [6, 6.07) is 6.68. The molecule has 0 aliphatic carbocycles. The van der Waals surface area contributed by atoms with Crippen molar-refractivity contribution >= 4 is 39.0 Å². The largest absolute Gasteiger partial charge is 0.374 e. The first-order chi connectivity index (χ1) is 14.3. The molecule has 30 heavy (non-hydrogen) atoms. The third-order valence-electron chi connectivity index (χ3n) is 5.21. The molecule has 2 atom stereocenters. The minimum Gasteiger partial charge on any atom is -0.374 e. The lowest BCUT2D eigenvalue weighted by atomic mass is 10.0. The van der Waals surface area contributed by atoms with Gasteiger partial charge in [0.2, 0.25) is 5.91 Å². The van der Waals surface area contributed by atoms with Gasteiger partial charge in [0.1, 0.15) is 12.6 Å². The Bertz CT molecular complexity index is 921. The van der Waals surface area contributed by atoms with E-state index in [1.165, 1.54) is 11.3 Å². The van der Waals surface area contributed by atoms with E-state index in [4.69, 9.17) is 4.74 Å². The van der Waals surface area contributed by atoms with E-state index in [1.807, 2.05) is 45.0 Å². The van der Waals surface area contributed by atoms with Crippen LogP contribution in [0.4, 0.5) is 0 Å². The van der Waals surface area contributed by atoms with Gasteiger partial charge in [0.05, 0.1) is 10.9 Å². The number of thiophene rings is 1. The van der Waals surface area contributed by atoms with Gasteiger partial charge in [0, 0.05) is 11.3 Å². The molecule has 0 bridgehead atoms. The molecule has 1 saturated heterocycles. The molecule has 0 saturated carbocycles. The van der Waals surface area contributed by atoms with Gasteiger partial charge in [-0.2, -0.15) is 0 Å². The van der Waals surface area contributed by atoms with E-state index >= 15 is 0 Å². The normalized spacial score (nSPS) is 18.7. The summed E-state index contributed by atoms with van der Waals surface area (Å²) in [6.07, 6.45) is 2.79. The molecule has 1 aliphatic heterocycles. The molecule has 3 rings (SSSR count). The highest BCUT2D eigenvalue weighted by atomic mass is 32.1. The third kappa shape index (κ3) is 5.89. The molecular formula is C23H30N2O4S. The molecule has 2 amide bonds. The van der Waals surface area contributed by atoms with Gasteiger partial charge >= 0.3 is 0 Å². The lowest BCUT2D eigenvalue weighted by Crippen LogP contribution is -2.52. The Kier molecular flexibility index (Phi) is 7.61. The highest BCUT2D eigenvalue weighted by Gasteiger charge is 2.28. The Labute approximate surface area is 181 Å². The molecular weight excluding hydrogens is 400 g/mol. The zero-order valence-electron chi connectivity index (χ0n) is 17.8. The first-order valence-corrected chi connectivity index (χ1v) is 11.4. The second-order valence-corrected chi connectivity index (χ2v) is 9.47. The van der Waals surface area contributed by atoms with Crippen LogP contribution in [0.5, 0.6) is 0 Å². The zero-order valence-corrected chi connectivity index (χ0v) is 18.6. The van der Waals surface area contributed by atoms with Crippen molar-refractivity contribution < 1.29 is 19.1 Å². The maximum Gasteiger partial charge on any atom is 0.262 e. The number of Topliss-reactive ketones (excluding diaryl/α,β-unsaturated/α-hetero) is 1. The smallest absolute Gasteiger partial charge is 0.262 e. The molecule has 0 spiro atoms. The van der Waals surface area contributed by atoms with E-state index in [-0.39, 0.29) is 30.1 Å². The highest BCUT2D eigenvalue weighted by molar-refractivity contribution is 7.20. The van der Waals surface area contributed by atoms with E-state index in [1.54, 1.807) is 0 Å². The van der Waals surface area contributed by atoms with Crippen LogP contribution in [-0.2, 0) is 14.3 Å². The molecule has 2 aromatic rings. The van der Waals surface area contributed by atoms with Gasteiger partial charge in [-0.15, -0.1) is 11.3 Å². The van der Waals surface area contributed by atoms with E-state index in [0.29, 0.717) is 24.3 Å². The van der Waals surface area contributed by atoms with Crippen LogP contribution in [0.1, 0.15) is 54.8 Å². The van der Waals surface area contributed by atoms with Gasteiger partial charge in [-0.25, -0.2) is 0 Å². The van der Waals surface area contributed by atoms with E-state index < -0.39 is 12.1 Å². The average Bonchev–Trinajstić information content (AvgIpc) is 3.10. The number of carbonyl (C=O) groups is 3. The van der Waals surface area contributed by atoms with Crippen molar-refractivity contribution in [2.24, 2.45) is 5.92 Å². The van der Waals surface area contributed by atoms with Crippen molar-refractivity contribution in [2.45, 2.75) is 58.5 Å². The molecule has 6 nitrogen and oxygen atoms in total. The summed E-state index contributed by atoms with van der Waals surface area (Å²) in [4.78, 5) is 38.7. The molecule has 0 radical (unpaired) electrons. The number of ketones is 1. The summed E-state index contributed by atoms with van der Waals surface area (Å²) in [5.41, 5.74) is 1.14. The van der Waals surface area contributed by atoms with Crippen LogP contribution in [0.15, 0.2) is 24.3 Å². The topological polar surface area (TPSA) is 84.5 Å². The molecule has 1 fully saturated rings.